The Morgan fingerprint density at radius 3 is 2.50 bits per heavy atom. The van der Waals surface area contributed by atoms with E-state index in [1.54, 1.807) is 18.2 Å². The third-order valence-corrected chi connectivity index (χ3v) is 3.69. The Kier molecular flexibility index (Phi) is 3.49. The minimum absolute atomic E-state index is 0.522. The van der Waals surface area contributed by atoms with Crippen LogP contribution in [0.5, 0.6) is 0 Å². The van der Waals surface area contributed by atoms with Crippen LogP contribution in [0, 0.1) is 18.3 Å². The molecule has 1 aromatic rings. The Labute approximate surface area is 117 Å². The average molecular weight is 272 g/mol. The van der Waals surface area contributed by atoms with Crippen molar-refractivity contribution in [2.24, 2.45) is 11.3 Å². The molecule has 0 aliphatic heterocycles. The van der Waals surface area contributed by atoms with Crippen molar-refractivity contribution in [3.05, 3.63) is 53.6 Å². The SMILES string of the molecule is Cc1cccc(C2=CC=CC(C)(C(=O)O)C2C(=O)O)c1. The van der Waals surface area contributed by atoms with Crippen molar-refractivity contribution < 1.29 is 19.8 Å². The molecule has 2 N–H and O–H groups in total. The van der Waals surface area contributed by atoms with Gasteiger partial charge in [-0.2, -0.15) is 0 Å². The summed E-state index contributed by atoms with van der Waals surface area (Å²) in [5, 5.41) is 18.9. The second kappa shape index (κ2) is 4.96. The summed E-state index contributed by atoms with van der Waals surface area (Å²) in [6.07, 6.45) is 4.73. The molecule has 0 saturated carbocycles. The largest absolute Gasteiger partial charge is 0.481 e. The van der Waals surface area contributed by atoms with Gasteiger partial charge in [-0.05, 0) is 25.0 Å². The van der Waals surface area contributed by atoms with Crippen LogP contribution >= 0.6 is 0 Å². The van der Waals surface area contributed by atoms with Crippen LogP contribution < -0.4 is 0 Å². The van der Waals surface area contributed by atoms with Crippen LogP contribution in [0.25, 0.3) is 5.57 Å². The Bertz CT molecular complexity index is 627. The average Bonchev–Trinajstić information content (AvgIpc) is 2.37. The number of carbonyl (C=O) groups is 2. The van der Waals surface area contributed by atoms with Gasteiger partial charge in [-0.3, -0.25) is 9.59 Å². The van der Waals surface area contributed by atoms with E-state index >= 15 is 0 Å². The first-order valence-corrected chi connectivity index (χ1v) is 6.29. The zero-order valence-electron chi connectivity index (χ0n) is 11.3. The number of hydrogen-bond donors (Lipinski definition) is 2. The fourth-order valence-electron chi connectivity index (χ4n) is 2.54. The Hall–Kier alpha value is -2.36. The van der Waals surface area contributed by atoms with Crippen molar-refractivity contribution in [1.82, 2.24) is 0 Å². The number of allylic oxidation sites excluding steroid dienone is 2. The molecule has 4 heteroatoms. The summed E-state index contributed by atoms with van der Waals surface area (Å²) in [4.78, 5) is 23.1. The summed E-state index contributed by atoms with van der Waals surface area (Å²) in [5.41, 5.74) is 0.821. The van der Waals surface area contributed by atoms with E-state index in [-0.39, 0.29) is 0 Å². The van der Waals surface area contributed by atoms with Crippen LogP contribution in [0.2, 0.25) is 0 Å². The predicted octanol–water partition coefficient (Wildman–Crippen LogP) is 2.74. The molecule has 0 fully saturated rings. The van der Waals surface area contributed by atoms with E-state index in [4.69, 9.17) is 0 Å². The Morgan fingerprint density at radius 1 is 1.25 bits per heavy atom. The first kappa shape index (κ1) is 14.1. The number of carboxylic acids is 2. The van der Waals surface area contributed by atoms with E-state index in [0.29, 0.717) is 5.57 Å². The van der Waals surface area contributed by atoms with Gasteiger partial charge >= 0.3 is 11.9 Å². The van der Waals surface area contributed by atoms with E-state index in [1.165, 1.54) is 13.0 Å². The monoisotopic (exact) mass is 272 g/mol. The van der Waals surface area contributed by atoms with Crippen LogP contribution in [0.4, 0.5) is 0 Å². The lowest BCUT2D eigenvalue weighted by molar-refractivity contribution is -0.155. The Morgan fingerprint density at radius 2 is 1.95 bits per heavy atom. The molecule has 1 aliphatic carbocycles. The summed E-state index contributed by atoms with van der Waals surface area (Å²) in [6.45, 7) is 3.35. The lowest BCUT2D eigenvalue weighted by Crippen LogP contribution is -2.40. The molecular weight excluding hydrogens is 256 g/mol. The molecule has 0 radical (unpaired) electrons. The maximum absolute atomic E-state index is 11.6. The number of hydrogen-bond acceptors (Lipinski definition) is 2. The van der Waals surface area contributed by atoms with Crippen molar-refractivity contribution in [2.75, 3.05) is 0 Å². The molecule has 4 nitrogen and oxygen atoms in total. The molecule has 0 amide bonds. The fraction of sp³-hybridized carbons (Fsp3) is 0.250. The molecule has 20 heavy (non-hydrogen) atoms. The van der Waals surface area contributed by atoms with Crippen molar-refractivity contribution in [3.8, 4) is 0 Å². The van der Waals surface area contributed by atoms with Crippen LogP contribution in [-0.4, -0.2) is 22.2 Å². The van der Waals surface area contributed by atoms with Crippen LogP contribution in [0.1, 0.15) is 18.1 Å². The van der Waals surface area contributed by atoms with Gasteiger partial charge in [-0.25, -0.2) is 0 Å². The van der Waals surface area contributed by atoms with Gasteiger partial charge in [0.2, 0.25) is 0 Å². The highest BCUT2D eigenvalue weighted by molar-refractivity contribution is 5.96. The predicted molar refractivity (Wildman–Crippen MR) is 75.2 cm³/mol. The van der Waals surface area contributed by atoms with E-state index in [9.17, 15) is 19.8 Å². The van der Waals surface area contributed by atoms with Crippen LogP contribution in [-0.2, 0) is 9.59 Å². The number of carboxylic acid groups (broad SMARTS) is 2. The fourth-order valence-corrected chi connectivity index (χ4v) is 2.54. The quantitative estimate of drug-likeness (QED) is 0.887. The number of rotatable bonds is 3. The highest BCUT2D eigenvalue weighted by Gasteiger charge is 2.47. The maximum Gasteiger partial charge on any atom is 0.314 e. The topological polar surface area (TPSA) is 74.6 Å². The molecule has 0 bridgehead atoms. The molecule has 2 atom stereocenters. The van der Waals surface area contributed by atoms with Gasteiger partial charge in [-0.1, -0.05) is 48.1 Å². The molecule has 104 valence electrons. The maximum atomic E-state index is 11.6. The van der Waals surface area contributed by atoms with Crippen molar-refractivity contribution in [1.29, 1.82) is 0 Å². The van der Waals surface area contributed by atoms with Gasteiger partial charge < -0.3 is 10.2 Å². The smallest absolute Gasteiger partial charge is 0.314 e. The van der Waals surface area contributed by atoms with E-state index in [1.807, 2.05) is 25.1 Å². The number of benzene rings is 1. The molecule has 0 aromatic heterocycles. The van der Waals surface area contributed by atoms with Gasteiger partial charge in [0.25, 0.3) is 0 Å². The van der Waals surface area contributed by atoms with Gasteiger partial charge in [0, 0.05) is 0 Å². The Balaban J connectivity index is 2.57. The molecule has 0 saturated heterocycles. The third kappa shape index (κ3) is 2.25. The highest BCUT2D eigenvalue weighted by atomic mass is 16.4. The molecule has 2 rings (SSSR count). The van der Waals surface area contributed by atoms with Crippen molar-refractivity contribution in [3.63, 3.8) is 0 Å². The summed E-state index contributed by atoms with van der Waals surface area (Å²) >= 11 is 0. The first-order valence-electron chi connectivity index (χ1n) is 6.29. The molecule has 1 aliphatic rings. The zero-order chi connectivity index (χ0) is 14.9. The summed E-state index contributed by atoms with van der Waals surface area (Å²) in [5.74, 6) is -3.38. The molecule has 1 aromatic carbocycles. The second-order valence-electron chi connectivity index (χ2n) is 5.21. The third-order valence-electron chi connectivity index (χ3n) is 3.69. The van der Waals surface area contributed by atoms with Crippen LogP contribution in [0.15, 0.2) is 42.5 Å². The molecular formula is C16H16O4. The van der Waals surface area contributed by atoms with E-state index < -0.39 is 23.3 Å². The van der Waals surface area contributed by atoms with Crippen molar-refractivity contribution >= 4 is 17.5 Å². The normalized spacial score (nSPS) is 25.1. The number of aryl methyl sites for hydroxylation is 1. The second-order valence-corrected chi connectivity index (χ2v) is 5.21. The van der Waals surface area contributed by atoms with Gasteiger partial charge in [0.1, 0.15) is 11.3 Å². The first-order chi connectivity index (χ1) is 9.36. The minimum atomic E-state index is -1.44. The van der Waals surface area contributed by atoms with E-state index in [0.717, 1.165) is 11.1 Å². The minimum Gasteiger partial charge on any atom is -0.481 e. The van der Waals surface area contributed by atoms with Gasteiger partial charge in [-0.15, -0.1) is 0 Å². The van der Waals surface area contributed by atoms with Crippen molar-refractivity contribution in [2.45, 2.75) is 13.8 Å². The zero-order valence-corrected chi connectivity index (χ0v) is 11.3. The standard InChI is InChI=1S/C16H16O4/c1-10-5-3-6-11(9-10)12-7-4-8-16(2,15(19)20)13(12)14(17)18/h3-9,13H,1-2H3,(H,17,18)(H,19,20). The lowest BCUT2D eigenvalue weighted by Gasteiger charge is -2.32. The van der Waals surface area contributed by atoms with Gasteiger partial charge in [0.05, 0.1) is 0 Å². The van der Waals surface area contributed by atoms with E-state index in [2.05, 4.69) is 0 Å². The lowest BCUT2D eigenvalue weighted by atomic mass is 9.68. The summed E-state index contributed by atoms with van der Waals surface area (Å²) < 4.78 is 0. The summed E-state index contributed by atoms with van der Waals surface area (Å²) in [7, 11) is 0. The van der Waals surface area contributed by atoms with Gasteiger partial charge in [0.15, 0.2) is 0 Å². The van der Waals surface area contributed by atoms with Crippen LogP contribution in [0.3, 0.4) is 0 Å². The number of aliphatic carboxylic acids is 2. The molecule has 0 spiro atoms. The summed E-state index contributed by atoms with van der Waals surface area (Å²) in [6, 6.07) is 7.41. The molecule has 2 unspecified atom stereocenters. The molecule has 0 heterocycles. The highest BCUT2D eigenvalue weighted by Crippen LogP contribution is 2.42.